The van der Waals surface area contributed by atoms with Gasteiger partial charge in [-0.2, -0.15) is 0 Å². The Balaban J connectivity index is 1.56. The Labute approximate surface area is 154 Å². The van der Waals surface area contributed by atoms with E-state index in [1.807, 2.05) is 29.2 Å². The first kappa shape index (κ1) is 18.2. The zero-order valence-corrected chi connectivity index (χ0v) is 14.9. The molecule has 1 unspecified atom stereocenters. The molecule has 0 aromatic heterocycles. The normalized spacial score (nSPS) is 16.6. The third-order valence-electron chi connectivity index (χ3n) is 5.16. The first-order valence-electron chi connectivity index (χ1n) is 9.30. The first-order chi connectivity index (χ1) is 12.6. The van der Waals surface area contributed by atoms with Crippen LogP contribution in [-0.4, -0.2) is 34.5 Å². The Morgan fingerprint density at radius 3 is 2.50 bits per heavy atom. The molecule has 0 bridgehead atoms. The Kier molecular flexibility index (Phi) is 6.05. The van der Waals surface area contributed by atoms with Crippen molar-refractivity contribution in [3.63, 3.8) is 0 Å². The smallest absolute Gasteiger partial charge is 0.335 e. The molecule has 0 aliphatic carbocycles. The Bertz CT molecular complexity index is 757. The molecule has 3 rings (SSSR count). The van der Waals surface area contributed by atoms with Gasteiger partial charge in [0.1, 0.15) is 0 Å². The molecule has 1 N–H and O–H groups in total. The number of amides is 1. The zero-order valence-electron chi connectivity index (χ0n) is 14.9. The number of aryl methyl sites for hydroxylation is 2. The molecule has 0 radical (unpaired) electrons. The minimum atomic E-state index is -0.935. The number of carboxylic acids is 1. The van der Waals surface area contributed by atoms with Gasteiger partial charge in [-0.15, -0.1) is 0 Å². The third-order valence-corrected chi connectivity index (χ3v) is 5.16. The molecule has 4 nitrogen and oxygen atoms in total. The maximum Gasteiger partial charge on any atom is 0.335 e. The highest BCUT2D eigenvalue weighted by atomic mass is 16.4. The van der Waals surface area contributed by atoms with Crippen molar-refractivity contribution >= 4 is 11.9 Å². The van der Waals surface area contributed by atoms with Crippen LogP contribution in [0.1, 0.15) is 47.2 Å². The summed E-state index contributed by atoms with van der Waals surface area (Å²) in [6.45, 7) is 0.818. The van der Waals surface area contributed by atoms with E-state index in [0.717, 1.165) is 37.8 Å². The van der Waals surface area contributed by atoms with Crippen molar-refractivity contribution in [2.75, 3.05) is 6.54 Å². The highest BCUT2D eigenvalue weighted by Crippen LogP contribution is 2.23. The van der Waals surface area contributed by atoms with E-state index in [-0.39, 0.29) is 5.91 Å². The van der Waals surface area contributed by atoms with Gasteiger partial charge in [0.05, 0.1) is 5.56 Å². The van der Waals surface area contributed by atoms with Crippen LogP contribution in [0.3, 0.4) is 0 Å². The number of hydrogen-bond acceptors (Lipinski definition) is 2. The second kappa shape index (κ2) is 8.65. The summed E-state index contributed by atoms with van der Waals surface area (Å²) in [4.78, 5) is 26.0. The third kappa shape index (κ3) is 4.51. The van der Waals surface area contributed by atoms with Crippen LogP contribution in [0, 0.1) is 0 Å². The van der Waals surface area contributed by atoms with E-state index >= 15 is 0 Å². The molecule has 1 saturated heterocycles. The Morgan fingerprint density at radius 1 is 1.00 bits per heavy atom. The fourth-order valence-corrected chi connectivity index (χ4v) is 3.77. The Morgan fingerprint density at radius 2 is 1.73 bits per heavy atom. The van der Waals surface area contributed by atoms with E-state index in [4.69, 9.17) is 0 Å². The van der Waals surface area contributed by atoms with Crippen LogP contribution in [0.4, 0.5) is 0 Å². The number of hydrogen-bond donors (Lipinski definition) is 1. The average Bonchev–Trinajstić information content (AvgIpc) is 3.14. The van der Waals surface area contributed by atoms with Crippen LogP contribution in [0.2, 0.25) is 0 Å². The maximum atomic E-state index is 12.7. The van der Waals surface area contributed by atoms with Gasteiger partial charge in [-0.1, -0.05) is 48.5 Å². The van der Waals surface area contributed by atoms with Crippen molar-refractivity contribution < 1.29 is 14.7 Å². The summed E-state index contributed by atoms with van der Waals surface area (Å²) in [5, 5.41) is 9.27. The lowest BCUT2D eigenvalue weighted by molar-refractivity contribution is -0.132. The number of carboxylic acid groups (broad SMARTS) is 1. The fraction of sp³-hybridized carbons (Fsp3) is 0.364. The molecule has 1 aliphatic rings. The van der Waals surface area contributed by atoms with Gasteiger partial charge in [0.25, 0.3) is 0 Å². The van der Waals surface area contributed by atoms with E-state index in [9.17, 15) is 14.7 Å². The molecule has 1 atom stereocenters. The summed E-state index contributed by atoms with van der Waals surface area (Å²) in [5.74, 6) is -0.796. The molecule has 2 aromatic carbocycles. The monoisotopic (exact) mass is 351 g/mol. The molecule has 1 fully saturated rings. The van der Waals surface area contributed by atoms with Crippen molar-refractivity contribution in [3.8, 4) is 0 Å². The molecule has 1 heterocycles. The number of nitrogens with zero attached hydrogens (tertiary/aromatic N) is 1. The molecule has 0 spiro atoms. The van der Waals surface area contributed by atoms with E-state index < -0.39 is 5.97 Å². The molecule has 4 heteroatoms. The second-order valence-corrected chi connectivity index (χ2v) is 6.87. The van der Waals surface area contributed by atoms with Crippen LogP contribution in [0.15, 0.2) is 54.6 Å². The topological polar surface area (TPSA) is 57.6 Å². The molecule has 136 valence electrons. The highest BCUT2D eigenvalue weighted by Gasteiger charge is 2.28. The van der Waals surface area contributed by atoms with Gasteiger partial charge in [0, 0.05) is 19.0 Å². The van der Waals surface area contributed by atoms with Crippen molar-refractivity contribution in [1.29, 1.82) is 0 Å². The van der Waals surface area contributed by atoms with Crippen LogP contribution in [0.25, 0.3) is 0 Å². The predicted molar refractivity (Wildman–Crippen MR) is 101 cm³/mol. The second-order valence-electron chi connectivity index (χ2n) is 6.87. The summed E-state index contributed by atoms with van der Waals surface area (Å²) >= 11 is 0. The van der Waals surface area contributed by atoms with Crippen molar-refractivity contribution in [2.45, 2.75) is 44.6 Å². The zero-order chi connectivity index (χ0) is 18.4. The largest absolute Gasteiger partial charge is 0.478 e. The van der Waals surface area contributed by atoms with Crippen LogP contribution in [-0.2, 0) is 17.6 Å². The summed E-state index contributed by atoms with van der Waals surface area (Å²) in [5.41, 5.74) is 2.33. The number of likely N-dealkylation sites (tertiary alicyclic amines) is 1. The van der Waals surface area contributed by atoms with Gasteiger partial charge in [0.15, 0.2) is 0 Å². The maximum absolute atomic E-state index is 12.7. The van der Waals surface area contributed by atoms with E-state index in [2.05, 4.69) is 12.1 Å². The molecule has 26 heavy (non-hydrogen) atoms. The Hall–Kier alpha value is -2.62. The van der Waals surface area contributed by atoms with Crippen LogP contribution >= 0.6 is 0 Å². The quantitative estimate of drug-likeness (QED) is 0.822. The molecule has 2 aromatic rings. The van der Waals surface area contributed by atoms with E-state index in [1.165, 1.54) is 5.56 Å². The SMILES string of the molecule is O=C(O)c1ccccc1CCC(=O)N1CCCC1CCc1ccccc1. The van der Waals surface area contributed by atoms with Crippen molar-refractivity contribution in [1.82, 2.24) is 4.90 Å². The molecule has 0 saturated carbocycles. The van der Waals surface area contributed by atoms with Gasteiger partial charge < -0.3 is 10.0 Å². The number of carbonyl (C=O) groups is 2. The van der Waals surface area contributed by atoms with E-state index in [1.54, 1.807) is 18.2 Å². The number of rotatable bonds is 7. The van der Waals surface area contributed by atoms with Gasteiger partial charge >= 0.3 is 5.97 Å². The number of aromatic carboxylic acids is 1. The van der Waals surface area contributed by atoms with Crippen LogP contribution in [0.5, 0.6) is 0 Å². The molecular weight excluding hydrogens is 326 g/mol. The minimum absolute atomic E-state index is 0.140. The van der Waals surface area contributed by atoms with Crippen molar-refractivity contribution in [2.24, 2.45) is 0 Å². The summed E-state index contributed by atoms with van der Waals surface area (Å²) < 4.78 is 0. The lowest BCUT2D eigenvalue weighted by Crippen LogP contribution is -2.36. The summed E-state index contributed by atoms with van der Waals surface area (Å²) in [6.07, 6.45) is 4.93. The lowest BCUT2D eigenvalue weighted by atomic mass is 10.0. The average molecular weight is 351 g/mol. The highest BCUT2D eigenvalue weighted by molar-refractivity contribution is 5.89. The van der Waals surface area contributed by atoms with E-state index in [0.29, 0.717) is 24.4 Å². The lowest BCUT2D eigenvalue weighted by Gasteiger charge is -2.25. The molecule has 1 amide bonds. The number of carbonyl (C=O) groups excluding carboxylic acids is 1. The van der Waals surface area contributed by atoms with Gasteiger partial charge in [-0.25, -0.2) is 4.79 Å². The molecular formula is C22H25NO3. The first-order valence-corrected chi connectivity index (χ1v) is 9.30. The standard InChI is InChI=1S/C22H25NO3/c24-21(15-13-18-9-4-5-11-20(18)22(25)26)23-16-6-10-19(23)14-12-17-7-2-1-3-8-17/h1-5,7-9,11,19H,6,10,12-16H2,(H,25,26). The summed E-state index contributed by atoms with van der Waals surface area (Å²) in [6, 6.07) is 17.6. The number of benzene rings is 2. The molecule has 1 aliphatic heterocycles. The fourth-order valence-electron chi connectivity index (χ4n) is 3.77. The summed E-state index contributed by atoms with van der Waals surface area (Å²) in [7, 11) is 0. The van der Waals surface area contributed by atoms with Gasteiger partial charge in [0.2, 0.25) is 5.91 Å². The predicted octanol–water partition coefficient (Wildman–Crippen LogP) is 3.94. The van der Waals surface area contributed by atoms with Gasteiger partial charge in [-0.05, 0) is 49.3 Å². The van der Waals surface area contributed by atoms with Crippen molar-refractivity contribution in [3.05, 3.63) is 71.3 Å². The minimum Gasteiger partial charge on any atom is -0.478 e. The van der Waals surface area contributed by atoms with Gasteiger partial charge in [-0.3, -0.25) is 4.79 Å². The van der Waals surface area contributed by atoms with Crippen LogP contribution < -0.4 is 0 Å².